The fourth-order valence-corrected chi connectivity index (χ4v) is 10.6. The van der Waals surface area contributed by atoms with Crippen molar-refractivity contribution in [3.63, 3.8) is 0 Å². The SMILES string of the molecule is CC(C)(C)OC(=O)CC1C2CC(C1C(=O)OC1CCCCO1)C1C3CC(C4C5C=CC(C5)C34)C21. The van der Waals surface area contributed by atoms with E-state index in [1.165, 1.54) is 12.8 Å². The molecule has 6 bridgehead atoms. The van der Waals surface area contributed by atoms with Gasteiger partial charge in [-0.25, -0.2) is 0 Å². The number of hydrogen-bond acceptors (Lipinski definition) is 5. The van der Waals surface area contributed by atoms with Crippen LogP contribution in [-0.2, 0) is 23.8 Å². The Balaban J connectivity index is 1.16. The van der Waals surface area contributed by atoms with E-state index in [1.807, 2.05) is 20.8 Å². The summed E-state index contributed by atoms with van der Waals surface area (Å²) in [5.41, 5.74) is -0.502. The molecule has 0 N–H and O–H groups in total. The minimum absolute atomic E-state index is 0.0594. The molecule has 0 spiro atoms. The van der Waals surface area contributed by atoms with Crippen LogP contribution in [0.4, 0.5) is 0 Å². The molecule has 1 heterocycles. The Morgan fingerprint density at radius 3 is 2.21 bits per heavy atom. The molecule has 0 aromatic carbocycles. The van der Waals surface area contributed by atoms with Gasteiger partial charge in [0, 0.05) is 12.8 Å². The smallest absolute Gasteiger partial charge is 0.311 e. The highest BCUT2D eigenvalue weighted by molar-refractivity contribution is 5.77. The molecule has 7 aliphatic rings. The van der Waals surface area contributed by atoms with Gasteiger partial charge in [0.2, 0.25) is 6.29 Å². The van der Waals surface area contributed by atoms with E-state index in [0.717, 1.165) is 61.2 Å². The van der Waals surface area contributed by atoms with Crippen molar-refractivity contribution in [2.45, 2.75) is 77.6 Å². The van der Waals surface area contributed by atoms with Crippen molar-refractivity contribution < 1.29 is 23.8 Å². The lowest BCUT2D eigenvalue weighted by molar-refractivity contribution is -0.197. The number of ether oxygens (including phenoxy) is 3. The van der Waals surface area contributed by atoms with Crippen molar-refractivity contribution in [2.24, 2.45) is 71.0 Å². The molecule has 34 heavy (non-hydrogen) atoms. The fraction of sp³-hybridized carbons (Fsp3) is 0.862. The van der Waals surface area contributed by atoms with Gasteiger partial charge < -0.3 is 14.2 Å². The molecular formula is C29H40O5. The summed E-state index contributed by atoms with van der Waals surface area (Å²) in [6, 6.07) is 0. The predicted molar refractivity (Wildman–Crippen MR) is 125 cm³/mol. The van der Waals surface area contributed by atoms with Crippen molar-refractivity contribution in [3.8, 4) is 0 Å². The molecule has 13 unspecified atom stereocenters. The van der Waals surface area contributed by atoms with E-state index in [9.17, 15) is 9.59 Å². The molecule has 5 saturated carbocycles. The number of fused-ring (bicyclic) bond motifs is 16. The predicted octanol–water partition coefficient (Wildman–Crippen LogP) is 4.99. The molecule has 5 heteroatoms. The van der Waals surface area contributed by atoms with Crippen LogP contribution < -0.4 is 0 Å². The van der Waals surface area contributed by atoms with Crippen LogP contribution in [0.3, 0.4) is 0 Å². The molecular weight excluding hydrogens is 428 g/mol. The van der Waals surface area contributed by atoms with Gasteiger partial charge in [-0.3, -0.25) is 9.59 Å². The Morgan fingerprint density at radius 1 is 0.882 bits per heavy atom. The Labute approximate surface area is 203 Å². The molecule has 6 aliphatic carbocycles. The maximum Gasteiger partial charge on any atom is 0.311 e. The fourth-order valence-electron chi connectivity index (χ4n) is 10.6. The van der Waals surface area contributed by atoms with E-state index in [4.69, 9.17) is 14.2 Å². The van der Waals surface area contributed by atoms with Gasteiger partial charge in [-0.05, 0) is 118 Å². The van der Waals surface area contributed by atoms with E-state index < -0.39 is 11.9 Å². The maximum absolute atomic E-state index is 13.7. The van der Waals surface area contributed by atoms with Gasteiger partial charge in [0.25, 0.3) is 0 Å². The van der Waals surface area contributed by atoms with Crippen LogP contribution >= 0.6 is 0 Å². The van der Waals surface area contributed by atoms with Crippen LogP contribution in [0, 0.1) is 71.0 Å². The lowest BCUT2D eigenvalue weighted by Crippen LogP contribution is -2.48. The molecule has 0 aromatic heterocycles. The van der Waals surface area contributed by atoms with Gasteiger partial charge in [-0.15, -0.1) is 0 Å². The molecule has 6 fully saturated rings. The Kier molecular flexibility index (Phi) is 4.87. The van der Waals surface area contributed by atoms with Crippen LogP contribution in [0.5, 0.6) is 0 Å². The number of esters is 2. The Morgan fingerprint density at radius 2 is 1.56 bits per heavy atom. The van der Waals surface area contributed by atoms with Gasteiger partial charge in [0.1, 0.15) is 5.60 Å². The first-order valence-corrected chi connectivity index (χ1v) is 14.0. The normalized spacial score (nSPS) is 51.6. The van der Waals surface area contributed by atoms with E-state index in [1.54, 1.807) is 0 Å². The van der Waals surface area contributed by atoms with Crippen LogP contribution in [-0.4, -0.2) is 30.4 Å². The zero-order chi connectivity index (χ0) is 23.4. The summed E-state index contributed by atoms with van der Waals surface area (Å²) in [7, 11) is 0. The summed E-state index contributed by atoms with van der Waals surface area (Å²) in [5, 5.41) is 0. The van der Waals surface area contributed by atoms with Gasteiger partial charge in [-0.2, -0.15) is 0 Å². The summed E-state index contributed by atoms with van der Waals surface area (Å²) in [4.78, 5) is 26.6. The Bertz CT molecular complexity index is 897. The lowest BCUT2D eigenvalue weighted by atomic mass is 9.57. The van der Waals surface area contributed by atoms with Crippen LogP contribution in [0.1, 0.15) is 65.7 Å². The highest BCUT2D eigenvalue weighted by Crippen LogP contribution is 2.77. The highest BCUT2D eigenvalue weighted by atomic mass is 16.7. The second-order valence-corrected chi connectivity index (χ2v) is 13.6. The third kappa shape index (κ3) is 3.14. The minimum atomic E-state index is -0.502. The van der Waals surface area contributed by atoms with Crippen molar-refractivity contribution in [2.75, 3.05) is 6.61 Å². The molecule has 0 amide bonds. The third-order valence-corrected chi connectivity index (χ3v) is 11.0. The van der Waals surface area contributed by atoms with Crippen LogP contribution in [0.15, 0.2) is 12.2 Å². The molecule has 1 saturated heterocycles. The molecule has 1 aliphatic heterocycles. The average Bonchev–Trinajstić information content (AvgIpc) is 3.58. The number of carbonyl (C=O) groups excluding carboxylic acids is 2. The molecule has 13 atom stereocenters. The quantitative estimate of drug-likeness (QED) is 0.330. The second kappa shape index (κ2) is 7.57. The molecule has 5 nitrogen and oxygen atoms in total. The molecule has 0 aromatic rings. The zero-order valence-corrected chi connectivity index (χ0v) is 20.9. The van der Waals surface area contributed by atoms with Gasteiger partial charge >= 0.3 is 11.9 Å². The zero-order valence-electron chi connectivity index (χ0n) is 20.9. The second-order valence-electron chi connectivity index (χ2n) is 13.6. The van der Waals surface area contributed by atoms with Crippen molar-refractivity contribution >= 4 is 11.9 Å². The lowest BCUT2D eigenvalue weighted by Gasteiger charge is -2.48. The largest absolute Gasteiger partial charge is 0.460 e. The minimum Gasteiger partial charge on any atom is -0.460 e. The summed E-state index contributed by atoms with van der Waals surface area (Å²) in [6.07, 6.45) is 11.7. The maximum atomic E-state index is 13.7. The van der Waals surface area contributed by atoms with Crippen LogP contribution in [0.25, 0.3) is 0 Å². The third-order valence-electron chi connectivity index (χ3n) is 11.0. The molecule has 7 rings (SSSR count). The van der Waals surface area contributed by atoms with Gasteiger partial charge in [-0.1, -0.05) is 12.2 Å². The first kappa shape index (κ1) is 21.9. The summed E-state index contributed by atoms with van der Waals surface area (Å²) in [6.45, 7) is 6.44. The van der Waals surface area contributed by atoms with Crippen LogP contribution in [0.2, 0.25) is 0 Å². The van der Waals surface area contributed by atoms with Gasteiger partial charge in [0.05, 0.1) is 12.5 Å². The molecule has 0 radical (unpaired) electrons. The Hall–Kier alpha value is -1.36. The van der Waals surface area contributed by atoms with Crippen molar-refractivity contribution in [1.82, 2.24) is 0 Å². The monoisotopic (exact) mass is 468 g/mol. The number of hydrogen-bond donors (Lipinski definition) is 0. The first-order chi connectivity index (χ1) is 16.3. The first-order valence-electron chi connectivity index (χ1n) is 14.0. The average molecular weight is 469 g/mol. The summed E-state index contributed by atoms with van der Waals surface area (Å²) >= 11 is 0. The molecule has 186 valence electrons. The topological polar surface area (TPSA) is 61.8 Å². The summed E-state index contributed by atoms with van der Waals surface area (Å²) in [5.74, 6) is 6.69. The van der Waals surface area contributed by atoms with Crippen molar-refractivity contribution in [1.29, 1.82) is 0 Å². The van der Waals surface area contributed by atoms with E-state index in [2.05, 4.69) is 12.2 Å². The van der Waals surface area contributed by atoms with Crippen molar-refractivity contribution in [3.05, 3.63) is 12.2 Å². The standard InChI is InChI=1S/C29H40O5/c1-29(2,3)34-21(30)13-17-16-11-20(27(17)28(31)33-22-6-4-5-9-32-22)26-19-12-18(25(16)26)23-14-7-8-15(10-14)24(19)23/h7-8,14-20,22-27H,4-6,9-13H2,1-3H3. The van der Waals surface area contributed by atoms with Gasteiger partial charge in [0.15, 0.2) is 0 Å². The van der Waals surface area contributed by atoms with E-state index in [-0.39, 0.29) is 23.8 Å². The number of allylic oxidation sites excluding steroid dienone is 2. The number of rotatable bonds is 4. The van der Waals surface area contributed by atoms with E-state index in [0.29, 0.717) is 36.7 Å². The van der Waals surface area contributed by atoms with E-state index >= 15 is 0 Å². The summed E-state index contributed by atoms with van der Waals surface area (Å²) < 4.78 is 17.5. The highest BCUT2D eigenvalue weighted by Gasteiger charge is 2.73. The number of carbonyl (C=O) groups is 2.